The molecule has 0 aliphatic heterocycles. The molecule has 5 aromatic carbocycles. The minimum absolute atomic E-state index is 0.101. The summed E-state index contributed by atoms with van der Waals surface area (Å²) in [6.45, 7) is 0.101. The van der Waals surface area contributed by atoms with Crippen LogP contribution in [0.5, 0.6) is 0 Å². The van der Waals surface area contributed by atoms with Crippen molar-refractivity contribution in [1.29, 1.82) is 0 Å². The smallest absolute Gasteiger partial charge is 0.410 e. The van der Waals surface area contributed by atoms with Crippen molar-refractivity contribution in [1.82, 2.24) is 14.7 Å². The van der Waals surface area contributed by atoms with Gasteiger partial charge in [0.05, 0.1) is 6.42 Å². The third-order valence-electron chi connectivity index (χ3n) is 14.9. The second kappa shape index (κ2) is 22.0. The second-order valence-corrected chi connectivity index (χ2v) is 19.7. The Morgan fingerprint density at radius 3 is 1.74 bits per heavy atom. The summed E-state index contributed by atoms with van der Waals surface area (Å²) in [4.78, 5) is 62.6. The molecule has 0 radical (unpaired) electrons. The molecule has 0 N–H and O–H groups in total. The molecule has 3 aliphatic carbocycles. The van der Waals surface area contributed by atoms with Crippen LogP contribution in [0.3, 0.4) is 0 Å². The molecule has 3 aliphatic rings. The summed E-state index contributed by atoms with van der Waals surface area (Å²) in [5, 5.41) is 0.411. The number of fused-ring (bicyclic) bond motifs is 3. The van der Waals surface area contributed by atoms with Crippen molar-refractivity contribution in [2.75, 3.05) is 34.8 Å². The van der Waals surface area contributed by atoms with Gasteiger partial charge in [-0.3, -0.25) is 19.3 Å². The fourth-order valence-corrected chi connectivity index (χ4v) is 11.5. The maximum atomic E-state index is 15.1. The van der Waals surface area contributed by atoms with Gasteiger partial charge in [0.15, 0.2) is 5.60 Å². The van der Waals surface area contributed by atoms with E-state index in [9.17, 15) is 14.4 Å². The van der Waals surface area contributed by atoms with Crippen molar-refractivity contribution < 1.29 is 28.7 Å². The van der Waals surface area contributed by atoms with Crippen LogP contribution in [0.25, 0.3) is 11.1 Å². The molecular weight excluding hydrogens is 870 g/mol. The van der Waals surface area contributed by atoms with E-state index in [1.807, 2.05) is 72.8 Å². The van der Waals surface area contributed by atoms with Gasteiger partial charge in [0.25, 0.3) is 0 Å². The zero-order valence-electron chi connectivity index (χ0n) is 40.1. The molecule has 68 heavy (non-hydrogen) atoms. The summed E-state index contributed by atoms with van der Waals surface area (Å²) < 4.78 is 13.0. The van der Waals surface area contributed by atoms with Crippen molar-refractivity contribution in [2.24, 2.45) is 5.92 Å². The van der Waals surface area contributed by atoms with Gasteiger partial charge < -0.3 is 19.3 Å². The van der Waals surface area contributed by atoms with Gasteiger partial charge >= 0.3 is 12.1 Å². The Kier molecular flexibility index (Phi) is 15.7. The van der Waals surface area contributed by atoms with Crippen molar-refractivity contribution >= 4 is 35.5 Å². The summed E-state index contributed by atoms with van der Waals surface area (Å²) in [5.41, 5.74) is 6.13. The van der Waals surface area contributed by atoms with Gasteiger partial charge in [-0.05, 0) is 71.4 Å². The lowest BCUT2D eigenvalue weighted by Gasteiger charge is -2.38. The van der Waals surface area contributed by atoms with E-state index in [2.05, 4.69) is 48.5 Å². The van der Waals surface area contributed by atoms with Crippen LogP contribution in [-0.4, -0.2) is 85.5 Å². The number of hydrogen-bond donors (Lipinski definition) is 0. The van der Waals surface area contributed by atoms with E-state index < -0.39 is 48.0 Å². The van der Waals surface area contributed by atoms with E-state index in [1.165, 1.54) is 58.8 Å². The predicted molar refractivity (Wildman–Crippen MR) is 268 cm³/mol. The number of benzene rings is 5. The zero-order valence-corrected chi connectivity index (χ0v) is 40.8. The van der Waals surface area contributed by atoms with E-state index >= 15 is 4.79 Å². The lowest BCUT2D eigenvalue weighted by atomic mass is 9.78. The first-order valence-electron chi connectivity index (χ1n) is 24.7. The van der Waals surface area contributed by atoms with E-state index in [-0.39, 0.29) is 18.4 Å². The SMILES string of the molecule is CN(C)C(=O)[C@H](CC(=O)OC(c1ccccc1)(c1ccc(C2CCCCCCCC2)cc1)c1ccccc1Cl)N(C)C(=O)[C@H](C1CCCC1)N(C)C(=O)OCC1c2ccccc2-c2ccccc21. The molecule has 0 bridgehead atoms. The first-order valence-corrected chi connectivity index (χ1v) is 25.1. The van der Waals surface area contributed by atoms with E-state index in [0.29, 0.717) is 27.6 Å². The van der Waals surface area contributed by atoms with Gasteiger partial charge in [-0.15, -0.1) is 0 Å². The number of rotatable bonds is 14. The highest BCUT2D eigenvalue weighted by molar-refractivity contribution is 6.31. The Morgan fingerprint density at radius 1 is 0.603 bits per heavy atom. The maximum Gasteiger partial charge on any atom is 0.410 e. The third-order valence-corrected chi connectivity index (χ3v) is 15.2. The minimum atomic E-state index is -1.52. The third kappa shape index (κ3) is 10.2. The van der Waals surface area contributed by atoms with Gasteiger partial charge in [0.2, 0.25) is 11.8 Å². The Balaban J connectivity index is 1.08. The van der Waals surface area contributed by atoms with Crippen LogP contribution in [0.2, 0.25) is 5.02 Å². The van der Waals surface area contributed by atoms with Crippen molar-refractivity contribution in [3.63, 3.8) is 0 Å². The second-order valence-electron chi connectivity index (χ2n) is 19.3. The Morgan fingerprint density at radius 2 is 1.13 bits per heavy atom. The number of carbonyl (C=O) groups is 4. The molecule has 0 heterocycles. The minimum Gasteiger partial charge on any atom is -0.448 e. The number of nitrogens with zero attached hydrogens (tertiary/aromatic N) is 3. The van der Waals surface area contributed by atoms with Gasteiger partial charge in [0, 0.05) is 55.8 Å². The van der Waals surface area contributed by atoms with Crippen molar-refractivity contribution in [3.8, 4) is 11.1 Å². The normalized spacial score (nSPS) is 17.2. The maximum absolute atomic E-state index is 15.1. The number of amides is 3. The summed E-state index contributed by atoms with van der Waals surface area (Å²) in [6.07, 6.45) is 12.0. The molecule has 3 atom stereocenters. The highest BCUT2D eigenvalue weighted by Gasteiger charge is 2.46. The molecule has 8 rings (SSSR count). The molecule has 0 saturated heterocycles. The zero-order chi connectivity index (χ0) is 47.8. The largest absolute Gasteiger partial charge is 0.448 e. The highest BCUT2D eigenvalue weighted by Crippen LogP contribution is 2.46. The standard InChI is InChI=1S/C58H66ClN3O6/c1-60(2)55(64)52(61(3)56(65)54(42-24-14-15-25-42)62(4)57(66)67-39-49-47-30-18-16-28-45(47)46-29-17-19-31-48(46)49)38-53(63)68-58(43-26-12-9-13-27-43,50-32-20-21-33-51(50)59)44-36-34-41(35-37-44)40-22-10-7-5-6-8-11-23-40/h9,12-13,16-21,26-37,40,42,49,52,54H,5-8,10-11,14-15,22-25,38-39H2,1-4H3/t52-,54-,58?/m0/s1. The van der Waals surface area contributed by atoms with Crippen molar-refractivity contribution in [2.45, 2.75) is 113 Å². The molecule has 2 saturated carbocycles. The number of likely N-dealkylation sites (N-methyl/N-ethyl adjacent to an activating group) is 3. The average Bonchev–Trinajstić information content (AvgIpc) is 4.04. The number of carbonyl (C=O) groups excluding carboxylic acids is 4. The Hall–Kier alpha value is -5.93. The monoisotopic (exact) mass is 935 g/mol. The van der Waals surface area contributed by atoms with Gasteiger partial charge in [-0.2, -0.15) is 0 Å². The molecule has 0 aromatic heterocycles. The fraction of sp³-hybridized carbons (Fsp3) is 0.414. The summed E-state index contributed by atoms with van der Waals surface area (Å²) in [7, 11) is 6.36. The van der Waals surface area contributed by atoms with Crippen LogP contribution in [0.15, 0.2) is 127 Å². The Bertz CT molecular complexity index is 2490. The van der Waals surface area contributed by atoms with E-state index in [1.54, 1.807) is 34.3 Å². The van der Waals surface area contributed by atoms with Crippen LogP contribution >= 0.6 is 11.6 Å². The van der Waals surface area contributed by atoms with E-state index in [0.717, 1.165) is 60.8 Å². The molecular formula is C58H66ClN3O6. The van der Waals surface area contributed by atoms with Crippen LogP contribution in [0.4, 0.5) is 4.79 Å². The van der Waals surface area contributed by atoms with Crippen LogP contribution < -0.4 is 0 Å². The number of hydrogen-bond acceptors (Lipinski definition) is 6. The lowest BCUT2D eigenvalue weighted by Crippen LogP contribution is -2.57. The van der Waals surface area contributed by atoms with E-state index in [4.69, 9.17) is 21.1 Å². The van der Waals surface area contributed by atoms with Crippen LogP contribution in [0.1, 0.15) is 129 Å². The van der Waals surface area contributed by atoms with Gasteiger partial charge in [-0.25, -0.2) is 4.79 Å². The van der Waals surface area contributed by atoms with Gasteiger partial charge in [0.1, 0.15) is 18.7 Å². The number of ether oxygens (including phenoxy) is 2. The average molecular weight is 937 g/mol. The van der Waals surface area contributed by atoms with Crippen LogP contribution in [0, 0.1) is 5.92 Å². The fourth-order valence-electron chi connectivity index (χ4n) is 11.2. The number of halogens is 1. The molecule has 356 valence electrons. The molecule has 0 spiro atoms. The quantitative estimate of drug-likeness (QED) is 0.0813. The molecule has 5 aromatic rings. The predicted octanol–water partition coefficient (Wildman–Crippen LogP) is 12.1. The first kappa shape index (κ1) is 48.5. The van der Waals surface area contributed by atoms with Crippen LogP contribution in [-0.2, 0) is 29.5 Å². The summed E-state index contributed by atoms with van der Waals surface area (Å²) in [6, 6.07) is 39.5. The molecule has 2 fully saturated rings. The van der Waals surface area contributed by atoms with Crippen molar-refractivity contribution in [3.05, 3.63) is 166 Å². The first-order chi connectivity index (χ1) is 33.0. The molecule has 9 nitrogen and oxygen atoms in total. The summed E-state index contributed by atoms with van der Waals surface area (Å²) >= 11 is 7.09. The Labute approximate surface area is 407 Å². The molecule has 3 amide bonds. The lowest BCUT2D eigenvalue weighted by molar-refractivity contribution is -0.159. The molecule has 1 unspecified atom stereocenters. The number of esters is 1. The summed E-state index contributed by atoms with van der Waals surface area (Å²) in [5.74, 6) is -1.47. The topological polar surface area (TPSA) is 96.5 Å². The van der Waals surface area contributed by atoms with Gasteiger partial charge in [-0.1, -0.05) is 184 Å². The molecule has 10 heteroatoms. The highest BCUT2D eigenvalue weighted by atomic mass is 35.5.